The maximum Gasteiger partial charge on any atom is 0.417 e. The number of aromatic nitrogens is 3. The summed E-state index contributed by atoms with van der Waals surface area (Å²) >= 11 is 6.98. The van der Waals surface area contributed by atoms with Gasteiger partial charge in [0.1, 0.15) is 12.1 Å². The molecule has 5 rings (SSSR count). The highest BCUT2D eigenvalue weighted by atomic mass is 35.5. The summed E-state index contributed by atoms with van der Waals surface area (Å²) in [6.07, 6.45) is -2.35. The van der Waals surface area contributed by atoms with Crippen molar-refractivity contribution in [3.63, 3.8) is 0 Å². The summed E-state index contributed by atoms with van der Waals surface area (Å²) in [7, 11) is 5.58. The lowest BCUT2D eigenvalue weighted by molar-refractivity contribution is -0.137. The van der Waals surface area contributed by atoms with Crippen LogP contribution in [-0.4, -0.2) is 60.2 Å². The first-order valence-electron chi connectivity index (χ1n) is 13.2. The minimum absolute atomic E-state index is 0.0544. The number of amides is 2. The second-order valence-electron chi connectivity index (χ2n) is 9.85. The summed E-state index contributed by atoms with van der Waals surface area (Å²) < 4.78 is 51.7. The minimum Gasteiger partial charge on any atom is -0.493 e. The van der Waals surface area contributed by atoms with E-state index < -0.39 is 22.8 Å². The van der Waals surface area contributed by atoms with Crippen molar-refractivity contribution >= 4 is 72.4 Å². The zero-order chi connectivity index (χ0) is 31.4. The van der Waals surface area contributed by atoms with Gasteiger partial charge in [0.25, 0.3) is 0 Å². The Morgan fingerprint density at radius 2 is 1.75 bits per heavy atom. The van der Waals surface area contributed by atoms with Crippen LogP contribution in [0.4, 0.5) is 40.3 Å². The number of fused-ring (bicyclic) bond motifs is 2. The molecule has 2 heterocycles. The Bertz CT molecular complexity index is 1820. The molecule has 0 bridgehead atoms. The molecule has 230 valence electrons. The Kier molecular flexibility index (Phi) is 9.22. The van der Waals surface area contributed by atoms with Gasteiger partial charge in [0.15, 0.2) is 16.6 Å². The lowest BCUT2D eigenvalue weighted by Gasteiger charge is -2.14. The average Bonchev–Trinajstić information content (AvgIpc) is 3.37. The van der Waals surface area contributed by atoms with E-state index in [0.717, 1.165) is 29.8 Å². The number of alkyl halides is 3. The molecule has 0 atom stereocenters. The van der Waals surface area contributed by atoms with Gasteiger partial charge in [-0.25, -0.2) is 19.7 Å². The van der Waals surface area contributed by atoms with E-state index in [4.69, 9.17) is 21.1 Å². The molecular formula is C29H27ClF3N7O3S. The number of anilines is 4. The van der Waals surface area contributed by atoms with Gasteiger partial charge in [0.05, 0.1) is 40.0 Å². The summed E-state index contributed by atoms with van der Waals surface area (Å²) in [6, 6.07) is 11.1. The van der Waals surface area contributed by atoms with Crippen LogP contribution in [-0.2, 0) is 6.18 Å². The maximum absolute atomic E-state index is 13.2. The molecule has 0 aliphatic rings. The van der Waals surface area contributed by atoms with Crippen molar-refractivity contribution in [2.45, 2.75) is 12.6 Å². The molecule has 3 aromatic carbocycles. The zero-order valence-electron chi connectivity index (χ0n) is 23.8. The number of halogens is 4. The molecule has 0 aliphatic heterocycles. The van der Waals surface area contributed by atoms with Gasteiger partial charge in [0.2, 0.25) is 0 Å². The molecular weight excluding hydrogens is 619 g/mol. The molecule has 0 aliphatic carbocycles. The van der Waals surface area contributed by atoms with Crippen molar-refractivity contribution in [2.75, 3.05) is 50.3 Å². The van der Waals surface area contributed by atoms with Crippen LogP contribution in [0.2, 0.25) is 5.02 Å². The van der Waals surface area contributed by atoms with Gasteiger partial charge >= 0.3 is 12.2 Å². The van der Waals surface area contributed by atoms with Crippen molar-refractivity contribution in [2.24, 2.45) is 0 Å². The molecule has 0 saturated heterocycles. The third kappa shape index (κ3) is 7.38. The fourth-order valence-electron chi connectivity index (χ4n) is 4.27. The third-order valence-corrected chi connectivity index (χ3v) is 7.59. The second kappa shape index (κ2) is 13.1. The molecule has 0 spiro atoms. The lowest BCUT2D eigenvalue weighted by Crippen LogP contribution is -2.19. The van der Waals surface area contributed by atoms with E-state index >= 15 is 0 Å². The summed E-state index contributed by atoms with van der Waals surface area (Å²) in [5.41, 5.74) is 0.655. The number of hydrogen-bond acceptors (Lipinski definition) is 9. The number of thiazole rings is 1. The lowest BCUT2D eigenvalue weighted by atomic mass is 10.2. The van der Waals surface area contributed by atoms with Crippen LogP contribution in [0.5, 0.6) is 11.5 Å². The van der Waals surface area contributed by atoms with Crippen molar-refractivity contribution in [1.82, 2.24) is 19.9 Å². The zero-order valence-corrected chi connectivity index (χ0v) is 25.3. The van der Waals surface area contributed by atoms with Crippen molar-refractivity contribution in [3.05, 3.63) is 65.4 Å². The van der Waals surface area contributed by atoms with E-state index in [1.54, 1.807) is 25.3 Å². The first-order chi connectivity index (χ1) is 21.0. The summed E-state index contributed by atoms with van der Waals surface area (Å²) in [4.78, 5) is 28.0. The van der Waals surface area contributed by atoms with E-state index in [2.05, 4.69) is 35.8 Å². The standard InChI is InChI=1S/C29H27ClF3N7O3S/c1-40(2)9-4-10-43-24-14-22-18(13-23(24)42-3)26(35-15-34-22)39-28-38-21-8-6-17(12-25(21)44-28)37-27(41)36-16-5-7-20(30)19(11-16)29(31,32)33/h5-8,11-15H,4,9-10H2,1-3H3,(H2,36,37,41)(H,34,35,38,39). The van der Waals surface area contributed by atoms with E-state index in [0.29, 0.717) is 51.2 Å². The molecule has 0 saturated carbocycles. The van der Waals surface area contributed by atoms with Crippen LogP contribution in [0.25, 0.3) is 21.1 Å². The SMILES string of the molecule is COc1cc2c(Nc3nc4ccc(NC(=O)Nc5ccc(Cl)c(C(F)(F)F)c5)cc4s3)ncnc2cc1OCCCN(C)C. The van der Waals surface area contributed by atoms with E-state index in [1.165, 1.54) is 23.7 Å². The topological polar surface area (TPSA) is 114 Å². The minimum atomic E-state index is -4.65. The Labute approximate surface area is 259 Å². The molecule has 0 radical (unpaired) electrons. The predicted octanol–water partition coefficient (Wildman–Crippen LogP) is 7.64. The largest absolute Gasteiger partial charge is 0.493 e. The smallest absolute Gasteiger partial charge is 0.417 e. The predicted molar refractivity (Wildman–Crippen MR) is 167 cm³/mol. The molecule has 15 heteroatoms. The van der Waals surface area contributed by atoms with Crippen LogP contribution < -0.4 is 25.4 Å². The highest BCUT2D eigenvalue weighted by Gasteiger charge is 2.33. The van der Waals surface area contributed by atoms with E-state index in [9.17, 15) is 18.0 Å². The number of ether oxygens (including phenoxy) is 2. The molecule has 3 N–H and O–H groups in total. The van der Waals surface area contributed by atoms with Crippen LogP contribution in [0.1, 0.15) is 12.0 Å². The molecule has 2 amide bonds. The van der Waals surface area contributed by atoms with Crippen LogP contribution in [0, 0.1) is 0 Å². The summed E-state index contributed by atoms with van der Waals surface area (Å²) in [5.74, 6) is 1.65. The third-order valence-electron chi connectivity index (χ3n) is 6.33. The molecule has 5 aromatic rings. The average molecular weight is 646 g/mol. The Balaban J connectivity index is 1.30. The molecule has 2 aromatic heterocycles. The highest BCUT2D eigenvalue weighted by Crippen LogP contribution is 2.38. The number of carbonyl (C=O) groups is 1. The van der Waals surface area contributed by atoms with Gasteiger partial charge in [-0.3, -0.25) is 0 Å². The molecule has 44 heavy (non-hydrogen) atoms. The molecule has 10 nitrogen and oxygen atoms in total. The number of urea groups is 1. The number of nitrogens with one attached hydrogen (secondary N) is 3. The maximum atomic E-state index is 13.2. The number of carbonyl (C=O) groups excluding carboxylic acids is 1. The van der Waals surface area contributed by atoms with Gasteiger partial charge in [-0.15, -0.1) is 0 Å². The second-order valence-corrected chi connectivity index (χ2v) is 11.3. The van der Waals surface area contributed by atoms with Crippen LogP contribution >= 0.6 is 22.9 Å². The first-order valence-corrected chi connectivity index (χ1v) is 14.4. The van der Waals surface area contributed by atoms with Crippen molar-refractivity contribution in [3.8, 4) is 11.5 Å². The van der Waals surface area contributed by atoms with Crippen LogP contribution in [0.15, 0.2) is 54.9 Å². The van der Waals surface area contributed by atoms with Gasteiger partial charge in [0, 0.05) is 29.4 Å². The Morgan fingerprint density at radius 3 is 2.48 bits per heavy atom. The molecule has 0 unspecified atom stereocenters. The fourth-order valence-corrected chi connectivity index (χ4v) is 5.40. The number of rotatable bonds is 10. The monoisotopic (exact) mass is 645 g/mol. The number of methoxy groups -OCH3 is 1. The van der Waals surface area contributed by atoms with E-state index in [1.807, 2.05) is 26.2 Å². The van der Waals surface area contributed by atoms with Crippen molar-refractivity contribution in [1.29, 1.82) is 0 Å². The first kappa shape index (κ1) is 31.0. The number of nitrogens with zero attached hydrogens (tertiary/aromatic N) is 4. The highest BCUT2D eigenvalue weighted by molar-refractivity contribution is 7.22. The van der Waals surface area contributed by atoms with E-state index in [-0.39, 0.29) is 5.69 Å². The summed E-state index contributed by atoms with van der Waals surface area (Å²) in [5, 5.41) is 9.06. The molecule has 0 fully saturated rings. The number of hydrogen-bond donors (Lipinski definition) is 3. The van der Waals surface area contributed by atoms with Crippen molar-refractivity contribution < 1.29 is 27.4 Å². The van der Waals surface area contributed by atoms with Crippen LogP contribution in [0.3, 0.4) is 0 Å². The fraction of sp³-hybridized carbons (Fsp3) is 0.241. The van der Waals surface area contributed by atoms with Gasteiger partial charge in [-0.05, 0) is 63.0 Å². The van der Waals surface area contributed by atoms with Gasteiger partial charge < -0.3 is 30.3 Å². The normalized spacial score (nSPS) is 11.6. The van der Waals surface area contributed by atoms with Gasteiger partial charge in [-0.2, -0.15) is 13.2 Å². The van der Waals surface area contributed by atoms with Gasteiger partial charge in [-0.1, -0.05) is 22.9 Å². The Hall–Kier alpha value is -4.40. The Morgan fingerprint density at radius 1 is 1.00 bits per heavy atom. The number of benzene rings is 3. The summed E-state index contributed by atoms with van der Waals surface area (Å²) in [6.45, 7) is 1.43. The quantitative estimate of drug-likeness (QED) is 0.133.